The Morgan fingerprint density at radius 2 is 2.10 bits per heavy atom. The van der Waals surface area contributed by atoms with Crippen LogP contribution in [0.2, 0.25) is 0 Å². The van der Waals surface area contributed by atoms with Gasteiger partial charge in [-0.2, -0.15) is 0 Å². The molecule has 0 amide bonds. The zero-order valence-electron chi connectivity index (χ0n) is 12.1. The Kier molecular flexibility index (Phi) is 4.09. The van der Waals surface area contributed by atoms with E-state index in [0.717, 1.165) is 46.9 Å². The van der Waals surface area contributed by atoms with E-state index in [1.165, 1.54) is 25.7 Å². The Hall–Kier alpha value is -0.540. The van der Waals surface area contributed by atoms with Gasteiger partial charge in [-0.25, -0.2) is 0 Å². The Labute approximate surface area is 129 Å². The minimum absolute atomic E-state index is 0.527. The average molecular weight is 339 g/mol. The van der Waals surface area contributed by atoms with Gasteiger partial charge >= 0.3 is 0 Å². The molecule has 0 spiro atoms. The van der Waals surface area contributed by atoms with Crippen LogP contribution in [-0.2, 0) is 6.42 Å². The fourth-order valence-electron chi connectivity index (χ4n) is 3.68. The summed E-state index contributed by atoms with van der Waals surface area (Å²) in [5.74, 6) is 2.51. The van der Waals surface area contributed by atoms with Crippen LogP contribution in [0.3, 0.4) is 0 Å². The lowest BCUT2D eigenvalue weighted by Gasteiger charge is -2.37. The Balaban J connectivity index is 1.74. The SMILES string of the molecule is COc1ccc(Br)c(CC2(O)CCCC(C3CC3)C2)c1. The van der Waals surface area contributed by atoms with Crippen molar-refractivity contribution in [1.29, 1.82) is 0 Å². The molecule has 1 N–H and O–H groups in total. The van der Waals surface area contributed by atoms with Crippen LogP contribution >= 0.6 is 15.9 Å². The molecule has 2 atom stereocenters. The van der Waals surface area contributed by atoms with Crippen molar-refractivity contribution in [3.8, 4) is 5.75 Å². The summed E-state index contributed by atoms with van der Waals surface area (Å²) in [5.41, 5.74) is 0.628. The molecular weight excluding hydrogens is 316 g/mol. The van der Waals surface area contributed by atoms with Crippen molar-refractivity contribution in [2.24, 2.45) is 11.8 Å². The predicted molar refractivity (Wildman–Crippen MR) is 84.0 cm³/mol. The molecule has 2 nitrogen and oxygen atoms in total. The van der Waals surface area contributed by atoms with Gasteiger partial charge in [-0.15, -0.1) is 0 Å². The summed E-state index contributed by atoms with van der Waals surface area (Å²) in [6, 6.07) is 6.01. The summed E-state index contributed by atoms with van der Waals surface area (Å²) in [6.45, 7) is 0. The summed E-state index contributed by atoms with van der Waals surface area (Å²) < 4.78 is 6.37. The number of hydrogen-bond acceptors (Lipinski definition) is 2. The maximum absolute atomic E-state index is 11.0. The number of aliphatic hydroxyl groups is 1. The lowest BCUT2D eigenvalue weighted by Crippen LogP contribution is -2.38. The zero-order chi connectivity index (χ0) is 14.2. The molecule has 0 aromatic heterocycles. The van der Waals surface area contributed by atoms with Gasteiger partial charge in [0.25, 0.3) is 0 Å². The van der Waals surface area contributed by atoms with Crippen molar-refractivity contribution in [2.45, 2.75) is 50.5 Å². The Morgan fingerprint density at radius 3 is 2.80 bits per heavy atom. The topological polar surface area (TPSA) is 29.5 Å². The standard InChI is InChI=1S/C17H23BrO2/c1-20-15-6-7-16(18)14(9-15)11-17(19)8-2-3-13(10-17)12-4-5-12/h6-7,9,12-13,19H,2-5,8,10-11H2,1H3. The lowest BCUT2D eigenvalue weighted by atomic mass is 9.73. The van der Waals surface area contributed by atoms with Crippen LogP contribution < -0.4 is 4.74 Å². The lowest BCUT2D eigenvalue weighted by molar-refractivity contribution is -0.0197. The molecule has 2 unspecified atom stereocenters. The number of methoxy groups -OCH3 is 1. The maximum atomic E-state index is 11.0. The number of hydrogen-bond donors (Lipinski definition) is 1. The fraction of sp³-hybridized carbons (Fsp3) is 0.647. The first kappa shape index (κ1) is 14.4. The smallest absolute Gasteiger partial charge is 0.119 e. The molecule has 2 saturated carbocycles. The Morgan fingerprint density at radius 1 is 1.30 bits per heavy atom. The van der Waals surface area contributed by atoms with Crippen LogP contribution in [0.5, 0.6) is 5.75 Å². The van der Waals surface area contributed by atoms with Crippen LogP contribution in [0, 0.1) is 11.8 Å². The molecule has 0 heterocycles. The molecule has 2 aliphatic carbocycles. The third-order valence-electron chi connectivity index (χ3n) is 4.92. The minimum Gasteiger partial charge on any atom is -0.497 e. The average Bonchev–Trinajstić information content (AvgIpc) is 3.25. The molecule has 1 aromatic rings. The fourth-order valence-corrected chi connectivity index (χ4v) is 4.07. The van der Waals surface area contributed by atoms with E-state index >= 15 is 0 Å². The van der Waals surface area contributed by atoms with Crippen molar-refractivity contribution in [1.82, 2.24) is 0 Å². The van der Waals surface area contributed by atoms with Crippen molar-refractivity contribution >= 4 is 15.9 Å². The van der Waals surface area contributed by atoms with E-state index in [9.17, 15) is 5.11 Å². The summed E-state index contributed by atoms with van der Waals surface area (Å²) in [6.07, 6.45) is 7.87. The van der Waals surface area contributed by atoms with Crippen molar-refractivity contribution in [3.63, 3.8) is 0 Å². The van der Waals surface area contributed by atoms with Gasteiger partial charge in [0.2, 0.25) is 0 Å². The van der Waals surface area contributed by atoms with Crippen LogP contribution in [0.25, 0.3) is 0 Å². The second kappa shape index (κ2) is 5.69. The molecule has 20 heavy (non-hydrogen) atoms. The monoisotopic (exact) mass is 338 g/mol. The maximum Gasteiger partial charge on any atom is 0.119 e. The molecular formula is C17H23BrO2. The highest BCUT2D eigenvalue weighted by molar-refractivity contribution is 9.10. The third-order valence-corrected chi connectivity index (χ3v) is 5.69. The van der Waals surface area contributed by atoms with Crippen molar-refractivity contribution < 1.29 is 9.84 Å². The van der Waals surface area contributed by atoms with Crippen molar-refractivity contribution in [2.75, 3.05) is 7.11 Å². The van der Waals surface area contributed by atoms with Crippen LogP contribution in [0.1, 0.15) is 44.1 Å². The van der Waals surface area contributed by atoms with Crippen LogP contribution in [-0.4, -0.2) is 17.8 Å². The van der Waals surface area contributed by atoms with Gasteiger partial charge in [-0.1, -0.05) is 22.4 Å². The molecule has 0 bridgehead atoms. The number of halogens is 1. The molecule has 2 fully saturated rings. The zero-order valence-corrected chi connectivity index (χ0v) is 13.7. The second-order valence-electron chi connectivity index (χ2n) is 6.55. The van der Waals surface area contributed by atoms with Gasteiger partial charge in [-0.05, 0) is 67.7 Å². The predicted octanol–water partition coefficient (Wildman–Crippen LogP) is 4.33. The summed E-state index contributed by atoms with van der Waals surface area (Å²) in [4.78, 5) is 0. The van der Waals surface area contributed by atoms with Gasteiger partial charge in [0, 0.05) is 10.9 Å². The summed E-state index contributed by atoms with van der Waals surface area (Å²) in [7, 11) is 1.69. The van der Waals surface area contributed by atoms with E-state index in [1.807, 2.05) is 18.2 Å². The molecule has 2 aliphatic rings. The van der Waals surface area contributed by atoms with E-state index in [1.54, 1.807) is 7.11 Å². The van der Waals surface area contributed by atoms with Crippen LogP contribution in [0.15, 0.2) is 22.7 Å². The van der Waals surface area contributed by atoms with Crippen LogP contribution in [0.4, 0.5) is 0 Å². The van der Waals surface area contributed by atoms with Gasteiger partial charge in [0.15, 0.2) is 0 Å². The third kappa shape index (κ3) is 3.20. The molecule has 110 valence electrons. The highest BCUT2D eigenvalue weighted by atomic mass is 79.9. The van der Waals surface area contributed by atoms with E-state index < -0.39 is 5.60 Å². The largest absolute Gasteiger partial charge is 0.497 e. The molecule has 0 saturated heterocycles. The van der Waals surface area contributed by atoms with Crippen molar-refractivity contribution in [3.05, 3.63) is 28.2 Å². The summed E-state index contributed by atoms with van der Waals surface area (Å²) in [5, 5.41) is 11.0. The van der Waals surface area contributed by atoms with E-state index in [2.05, 4.69) is 15.9 Å². The normalized spacial score (nSPS) is 30.2. The summed E-state index contributed by atoms with van der Waals surface area (Å²) >= 11 is 3.60. The van der Waals surface area contributed by atoms with E-state index in [4.69, 9.17) is 4.74 Å². The molecule has 3 heteroatoms. The first-order valence-corrected chi connectivity index (χ1v) is 8.44. The molecule has 0 radical (unpaired) electrons. The second-order valence-corrected chi connectivity index (χ2v) is 7.41. The minimum atomic E-state index is -0.527. The first-order valence-electron chi connectivity index (χ1n) is 7.64. The van der Waals surface area contributed by atoms with E-state index in [-0.39, 0.29) is 0 Å². The Bertz CT molecular complexity index is 484. The van der Waals surface area contributed by atoms with Gasteiger partial charge in [-0.3, -0.25) is 0 Å². The number of ether oxygens (including phenoxy) is 1. The highest BCUT2D eigenvalue weighted by Crippen LogP contribution is 2.47. The van der Waals surface area contributed by atoms with E-state index in [0.29, 0.717) is 0 Å². The number of rotatable bonds is 4. The highest BCUT2D eigenvalue weighted by Gasteiger charge is 2.41. The first-order chi connectivity index (χ1) is 9.59. The van der Waals surface area contributed by atoms with Gasteiger partial charge < -0.3 is 9.84 Å². The van der Waals surface area contributed by atoms with Gasteiger partial charge in [0.1, 0.15) is 5.75 Å². The molecule has 0 aliphatic heterocycles. The molecule has 3 rings (SSSR count). The van der Waals surface area contributed by atoms with Gasteiger partial charge in [0.05, 0.1) is 12.7 Å². The quantitative estimate of drug-likeness (QED) is 0.885. The number of benzene rings is 1. The molecule has 1 aromatic carbocycles.